The third-order valence-corrected chi connectivity index (χ3v) is 3.07. The standard InChI is InChI=1S/C7H12N2O3S/c1-5(8)7(10)9-6-2-3-13(11,12)4-6/h2-3,5-6H,4,8H2,1H3,(H,9,10)/t5-,6?/m0/s1. The van der Waals surface area contributed by atoms with Gasteiger partial charge in [-0.1, -0.05) is 0 Å². The van der Waals surface area contributed by atoms with Gasteiger partial charge < -0.3 is 11.1 Å². The minimum absolute atomic E-state index is 0.0640. The summed E-state index contributed by atoms with van der Waals surface area (Å²) in [5, 5.41) is 3.61. The Morgan fingerprint density at radius 1 is 1.69 bits per heavy atom. The molecule has 6 heteroatoms. The molecule has 1 amide bonds. The summed E-state index contributed by atoms with van der Waals surface area (Å²) in [7, 11) is -3.10. The van der Waals surface area contributed by atoms with Crippen LogP contribution in [0.4, 0.5) is 0 Å². The molecule has 1 unspecified atom stereocenters. The van der Waals surface area contributed by atoms with Crippen molar-refractivity contribution in [2.45, 2.75) is 19.0 Å². The maximum absolute atomic E-state index is 11.0. The number of sulfone groups is 1. The van der Waals surface area contributed by atoms with Gasteiger partial charge in [0, 0.05) is 5.41 Å². The van der Waals surface area contributed by atoms with E-state index in [2.05, 4.69) is 5.32 Å². The summed E-state index contributed by atoms with van der Waals surface area (Å²) < 4.78 is 21.8. The average molecular weight is 204 g/mol. The Kier molecular flexibility index (Phi) is 2.72. The fraction of sp³-hybridized carbons (Fsp3) is 0.571. The van der Waals surface area contributed by atoms with E-state index >= 15 is 0 Å². The van der Waals surface area contributed by atoms with E-state index in [-0.39, 0.29) is 11.7 Å². The molecule has 0 spiro atoms. The van der Waals surface area contributed by atoms with E-state index in [0.717, 1.165) is 5.41 Å². The topological polar surface area (TPSA) is 89.3 Å². The third-order valence-electron chi connectivity index (χ3n) is 1.67. The third kappa shape index (κ3) is 2.82. The zero-order chi connectivity index (χ0) is 10.1. The summed E-state index contributed by atoms with van der Waals surface area (Å²) in [5.41, 5.74) is 5.30. The van der Waals surface area contributed by atoms with E-state index < -0.39 is 21.9 Å². The number of hydrogen-bond donors (Lipinski definition) is 2. The summed E-state index contributed by atoms with van der Waals surface area (Å²) in [6, 6.07) is -1.04. The Morgan fingerprint density at radius 3 is 2.69 bits per heavy atom. The SMILES string of the molecule is C[C@H](N)C(=O)NC1C=CS(=O)(=O)C1. The number of hydrogen-bond acceptors (Lipinski definition) is 4. The fourth-order valence-corrected chi connectivity index (χ4v) is 2.22. The second-order valence-electron chi connectivity index (χ2n) is 3.06. The largest absolute Gasteiger partial charge is 0.347 e. The minimum Gasteiger partial charge on any atom is -0.347 e. The van der Waals surface area contributed by atoms with Crippen LogP contribution in [0, 0.1) is 0 Å². The molecule has 1 heterocycles. The lowest BCUT2D eigenvalue weighted by Crippen LogP contribution is -2.44. The van der Waals surface area contributed by atoms with Gasteiger partial charge in [-0.05, 0) is 13.0 Å². The predicted octanol–water partition coefficient (Wildman–Crippen LogP) is -1.24. The second-order valence-corrected chi connectivity index (χ2v) is 4.99. The van der Waals surface area contributed by atoms with Gasteiger partial charge in [0.1, 0.15) is 0 Å². The van der Waals surface area contributed by atoms with Crippen LogP contribution in [0.3, 0.4) is 0 Å². The van der Waals surface area contributed by atoms with Crippen LogP contribution in [0.25, 0.3) is 0 Å². The molecule has 0 aromatic rings. The number of rotatable bonds is 2. The van der Waals surface area contributed by atoms with Crippen molar-refractivity contribution in [2.24, 2.45) is 5.73 Å². The number of carbonyl (C=O) groups is 1. The highest BCUT2D eigenvalue weighted by Gasteiger charge is 2.23. The van der Waals surface area contributed by atoms with Crippen LogP contribution in [-0.2, 0) is 14.6 Å². The van der Waals surface area contributed by atoms with E-state index in [1.54, 1.807) is 6.92 Å². The van der Waals surface area contributed by atoms with Crippen LogP contribution in [0.15, 0.2) is 11.5 Å². The van der Waals surface area contributed by atoms with Crippen molar-refractivity contribution in [1.82, 2.24) is 5.32 Å². The van der Waals surface area contributed by atoms with Gasteiger partial charge in [0.15, 0.2) is 9.84 Å². The molecule has 0 saturated heterocycles. The van der Waals surface area contributed by atoms with Crippen molar-refractivity contribution in [2.75, 3.05) is 5.75 Å². The maximum Gasteiger partial charge on any atom is 0.237 e. The van der Waals surface area contributed by atoms with Crippen molar-refractivity contribution < 1.29 is 13.2 Å². The first-order valence-electron chi connectivity index (χ1n) is 3.87. The van der Waals surface area contributed by atoms with Crippen LogP contribution in [0.2, 0.25) is 0 Å². The molecule has 1 rings (SSSR count). The Morgan fingerprint density at radius 2 is 2.31 bits per heavy atom. The first kappa shape index (κ1) is 10.2. The Bertz CT molecular complexity index is 332. The average Bonchev–Trinajstić information content (AvgIpc) is 2.30. The molecular weight excluding hydrogens is 192 g/mol. The minimum atomic E-state index is -3.10. The van der Waals surface area contributed by atoms with Crippen molar-refractivity contribution in [3.63, 3.8) is 0 Å². The highest BCUT2D eigenvalue weighted by Crippen LogP contribution is 2.07. The first-order valence-corrected chi connectivity index (χ1v) is 5.59. The van der Waals surface area contributed by atoms with Crippen LogP contribution in [-0.4, -0.2) is 32.2 Å². The summed E-state index contributed by atoms with van der Waals surface area (Å²) in [5.74, 6) is -0.405. The van der Waals surface area contributed by atoms with E-state index in [1.807, 2.05) is 0 Å². The normalized spacial score (nSPS) is 27.1. The van der Waals surface area contributed by atoms with Gasteiger partial charge in [-0.3, -0.25) is 4.79 Å². The van der Waals surface area contributed by atoms with Crippen molar-refractivity contribution in [1.29, 1.82) is 0 Å². The molecule has 0 aliphatic carbocycles. The molecule has 1 aliphatic rings. The summed E-state index contributed by atoms with van der Waals surface area (Å²) in [4.78, 5) is 11.0. The van der Waals surface area contributed by atoms with Crippen LogP contribution in [0.1, 0.15) is 6.92 Å². The van der Waals surface area contributed by atoms with E-state index in [4.69, 9.17) is 5.73 Å². The lowest BCUT2D eigenvalue weighted by Gasteiger charge is -2.11. The molecule has 0 fully saturated rings. The molecule has 0 radical (unpaired) electrons. The van der Waals surface area contributed by atoms with Gasteiger partial charge in [0.25, 0.3) is 0 Å². The first-order chi connectivity index (χ1) is 5.91. The van der Waals surface area contributed by atoms with Gasteiger partial charge >= 0.3 is 0 Å². The smallest absolute Gasteiger partial charge is 0.237 e. The molecule has 0 bridgehead atoms. The second kappa shape index (κ2) is 3.47. The highest BCUT2D eigenvalue weighted by atomic mass is 32.2. The van der Waals surface area contributed by atoms with Crippen molar-refractivity contribution in [3.05, 3.63) is 11.5 Å². The molecule has 1 aliphatic heterocycles. The lowest BCUT2D eigenvalue weighted by atomic mass is 10.3. The van der Waals surface area contributed by atoms with Gasteiger partial charge in [-0.25, -0.2) is 8.42 Å². The maximum atomic E-state index is 11.0. The van der Waals surface area contributed by atoms with Gasteiger partial charge in [0.2, 0.25) is 5.91 Å². The molecule has 2 atom stereocenters. The molecule has 5 nitrogen and oxygen atoms in total. The van der Waals surface area contributed by atoms with Gasteiger partial charge in [-0.2, -0.15) is 0 Å². The molecule has 74 valence electrons. The van der Waals surface area contributed by atoms with Crippen molar-refractivity contribution in [3.8, 4) is 0 Å². The number of nitrogens with one attached hydrogen (secondary N) is 1. The molecule has 0 aromatic carbocycles. The molecule has 0 saturated carbocycles. The number of carbonyl (C=O) groups excluding carboxylic acids is 1. The zero-order valence-electron chi connectivity index (χ0n) is 7.23. The highest BCUT2D eigenvalue weighted by molar-refractivity contribution is 7.94. The fourth-order valence-electron chi connectivity index (χ4n) is 0.980. The zero-order valence-corrected chi connectivity index (χ0v) is 8.04. The Balaban J connectivity index is 2.52. The number of nitrogens with two attached hydrogens (primary N) is 1. The Hall–Kier alpha value is -0.880. The number of amides is 1. The lowest BCUT2D eigenvalue weighted by molar-refractivity contribution is -0.122. The van der Waals surface area contributed by atoms with Gasteiger partial charge in [-0.15, -0.1) is 0 Å². The van der Waals surface area contributed by atoms with E-state index in [1.165, 1.54) is 6.08 Å². The summed E-state index contributed by atoms with van der Waals surface area (Å²) >= 11 is 0. The van der Waals surface area contributed by atoms with Gasteiger partial charge in [0.05, 0.1) is 17.8 Å². The quantitative estimate of drug-likeness (QED) is 0.589. The summed E-state index contributed by atoms with van der Waals surface area (Å²) in [6.07, 6.45) is 1.45. The van der Waals surface area contributed by atoms with Crippen molar-refractivity contribution >= 4 is 15.7 Å². The molecule has 0 aromatic heterocycles. The monoisotopic (exact) mass is 204 g/mol. The van der Waals surface area contributed by atoms with Crippen LogP contribution >= 0.6 is 0 Å². The summed E-state index contributed by atoms with van der Waals surface area (Å²) in [6.45, 7) is 1.54. The van der Waals surface area contributed by atoms with Crippen LogP contribution < -0.4 is 11.1 Å². The van der Waals surface area contributed by atoms with E-state index in [9.17, 15) is 13.2 Å². The molecule has 13 heavy (non-hydrogen) atoms. The van der Waals surface area contributed by atoms with E-state index in [0.29, 0.717) is 0 Å². The Labute approximate surface area is 76.9 Å². The molecule has 3 N–H and O–H groups in total. The predicted molar refractivity (Wildman–Crippen MR) is 48.5 cm³/mol. The van der Waals surface area contributed by atoms with Crippen LogP contribution in [0.5, 0.6) is 0 Å². The molecular formula is C7H12N2O3S.